The van der Waals surface area contributed by atoms with Crippen LogP contribution in [0.25, 0.3) is 0 Å². The van der Waals surface area contributed by atoms with Gasteiger partial charge in [0.2, 0.25) is 0 Å². The van der Waals surface area contributed by atoms with Gasteiger partial charge in [0.15, 0.2) is 12.4 Å². The smallest absolute Gasteiger partial charge is 0.306 e. The Bertz CT molecular complexity index is 1350. The molecule has 0 spiro atoms. The highest BCUT2D eigenvalue weighted by molar-refractivity contribution is 5.70. The van der Waals surface area contributed by atoms with Crippen LogP contribution in [-0.2, 0) is 33.3 Å². The monoisotopic (exact) mass is 1040 g/mol. The van der Waals surface area contributed by atoms with E-state index in [-0.39, 0.29) is 32.2 Å². The molecule has 0 saturated carbocycles. The van der Waals surface area contributed by atoms with Crippen LogP contribution in [0.4, 0.5) is 0 Å². The molecule has 0 saturated heterocycles. The van der Waals surface area contributed by atoms with Gasteiger partial charge in [0.25, 0.3) is 0 Å². The van der Waals surface area contributed by atoms with Gasteiger partial charge >= 0.3 is 11.9 Å². The standard InChI is InChI=1S/C65H119NO8/c1-6-8-10-12-14-16-18-20-22-24-26-27-28-29-30-31-32-33-34-35-36-38-39-41-43-45-47-49-51-53-55-62(67)72-59-61(60-73-65(64(69)70)71-58-57-66(3,4)5)74-63(68)56-54-52-50-48-46-44-42-40-37-25-23-21-19-17-15-13-11-9-7-2/h9,11,15,17,21,23,37,40,61,65H,6-8,10,12-14,16,18-20,22,24-36,38-39,41-60H2,1-5H3/b11-9-,17-15-,23-21-,40-37-. The molecule has 0 aromatic rings. The highest BCUT2D eigenvalue weighted by Crippen LogP contribution is 2.18. The highest BCUT2D eigenvalue weighted by atomic mass is 16.7. The number of likely N-dealkylation sites (N-methyl/N-ethyl adjacent to an activating group) is 1. The van der Waals surface area contributed by atoms with Crippen molar-refractivity contribution in [3.63, 3.8) is 0 Å². The van der Waals surface area contributed by atoms with Gasteiger partial charge in [-0.2, -0.15) is 0 Å². The molecule has 0 amide bonds. The number of carbonyl (C=O) groups excluding carboxylic acids is 3. The molecule has 0 aromatic carbocycles. The lowest BCUT2D eigenvalue weighted by Gasteiger charge is -2.26. The first kappa shape index (κ1) is 71.2. The fourth-order valence-corrected chi connectivity index (χ4v) is 9.06. The van der Waals surface area contributed by atoms with E-state index in [0.29, 0.717) is 23.9 Å². The van der Waals surface area contributed by atoms with Gasteiger partial charge in [0.05, 0.1) is 40.3 Å². The highest BCUT2D eigenvalue weighted by Gasteiger charge is 2.22. The van der Waals surface area contributed by atoms with Gasteiger partial charge in [-0.25, -0.2) is 0 Å². The number of ether oxygens (including phenoxy) is 4. The Hall–Kier alpha value is -2.75. The number of unbranched alkanes of at least 4 members (excludes halogenated alkanes) is 35. The van der Waals surface area contributed by atoms with Crippen LogP contribution in [0.15, 0.2) is 48.6 Å². The van der Waals surface area contributed by atoms with Gasteiger partial charge in [-0.1, -0.05) is 274 Å². The molecule has 2 unspecified atom stereocenters. The summed E-state index contributed by atoms with van der Waals surface area (Å²) in [7, 11) is 5.92. The molecule has 0 bridgehead atoms. The number of quaternary nitrogens is 1. The first-order chi connectivity index (χ1) is 36.1. The third kappa shape index (κ3) is 57.0. The van der Waals surface area contributed by atoms with Crippen LogP contribution >= 0.6 is 0 Å². The SMILES string of the molecule is CC/C=C\C/C=C\C/C=C\C/C=C\CCCCCCCCC(=O)OC(COC(=O)CCCCCCCCCCCCCCCCCCCCCCCCCCCCCCCC)COC(OCC[N+](C)(C)C)C(=O)[O-]. The molecule has 2 atom stereocenters. The molecule has 0 rings (SSSR count). The minimum Gasteiger partial charge on any atom is -0.545 e. The summed E-state index contributed by atoms with van der Waals surface area (Å²) in [5, 5.41) is 11.8. The first-order valence-corrected chi connectivity index (χ1v) is 31.3. The van der Waals surface area contributed by atoms with Crippen molar-refractivity contribution >= 4 is 17.9 Å². The van der Waals surface area contributed by atoms with Crippen LogP contribution in [0.5, 0.6) is 0 Å². The first-order valence-electron chi connectivity index (χ1n) is 31.3. The number of carboxylic acid groups (broad SMARTS) is 1. The second-order valence-corrected chi connectivity index (χ2v) is 22.3. The molecule has 74 heavy (non-hydrogen) atoms. The summed E-state index contributed by atoms with van der Waals surface area (Å²) in [6.07, 6.45) is 67.5. The van der Waals surface area contributed by atoms with E-state index in [1.807, 2.05) is 21.1 Å². The van der Waals surface area contributed by atoms with Gasteiger partial charge < -0.3 is 33.3 Å². The maximum Gasteiger partial charge on any atom is 0.306 e. The van der Waals surface area contributed by atoms with E-state index >= 15 is 0 Å². The normalized spacial score (nSPS) is 13.0. The second kappa shape index (κ2) is 56.5. The molecule has 0 fully saturated rings. The zero-order valence-electron chi connectivity index (χ0n) is 49.2. The van der Waals surface area contributed by atoms with Crippen molar-refractivity contribution in [2.75, 3.05) is 47.5 Å². The molecule has 0 aliphatic rings. The molecule has 0 aliphatic heterocycles. The number of carbonyl (C=O) groups is 3. The van der Waals surface area contributed by atoms with Crippen LogP contribution in [0.2, 0.25) is 0 Å². The Morgan fingerprint density at radius 3 is 1.15 bits per heavy atom. The molecule has 9 heteroatoms. The number of allylic oxidation sites excluding steroid dienone is 8. The summed E-state index contributed by atoms with van der Waals surface area (Å²) >= 11 is 0. The molecule has 0 N–H and O–H groups in total. The van der Waals surface area contributed by atoms with Crippen molar-refractivity contribution in [3.8, 4) is 0 Å². The maximum atomic E-state index is 12.9. The second-order valence-electron chi connectivity index (χ2n) is 22.3. The van der Waals surface area contributed by atoms with Gasteiger partial charge in [-0.3, -0.25) is 9.59 Å². The van der Waals surface area contributed by atoms with Crippen LogP contribution in [0.3, 0.4) is 0 Å². The quantitative estimate of drug-likeness (QED) is 0.0195. The summed E-state index contributed by atoms with van der Waals surface area (Å²) in [6, 6.07) is 0. The van der Waals surface area contributed by atoms with Crippen LogP contribution in [0.1, 0.15) is 290 Å². The van der Waals surface area contributed by atoms with E-state index in [2.05, 4.69) is 62.5 Å². The number of hydrogen-bond acceptors (Lipinski definition) is 8. The number of esters is 2. The Morgan fingerprint density at radius 1 is 0.419 bits per heavy atom. The summed E-state index contributed by atoms with van der Waals surface area (Å²) < 4.78 is 22.7. The van der Waals surface area contributed by atoms with Crippen LogP contribution < -0.4 is 5.11 Å². The van der Waals surface area contributed by atoms with Crippen molar-refractivity contribution in [1.82, 2.24) is 0 Å². The van der Waals surface area contributed by atoms with Crippen LogP contribution in [-0.4, -0.2) is 82.3 Å². The maximum absolute atomic E-state index is 12.9. The predicted octanol–water partition coefficient (Wildman–Crippen LogP) is 17.3. The zero-order chi connectivity index (χ0) is 54.1. The lowest BCUT2D eigenvalue weighted by molar-refractivity contribution is -0.870. The predicted molar refractivity (Wildman–Crippen MR) is 311 cm³/mol. The largest absolute Gasteiger partial charge is 0.545 e. The minimum absolute atomic E-state index is 0.145. The number of aliphatic carboxylic acids is 1. The lowest BCUT2D eigenvalue weighted by atomic mass is 10.0. The van der Waals surface area contributed by atoms with Gasteiger partial charge in [-0.05, 0) is 51.4 Å². The molecule has 0 radical (unpaired) electrons. The van der Waals surface area contributed by atoms with Crippen molar-refractivity contribution in [2.24, 2.45) is 0 Å². The van der Waals surface area contributed by atoms with E-state index in [1.165, 1.54) is 173 Å². The fraction of sp³-hybridized carbons (Fsp3) is 0.831. The van der Waals surface area contributed by atoms with Gasteiger partial charge in [-0.15, -0.1) is 0 Å². The topological polar surface area (TPSA) is 111 Å². The summed E-state index contributed by atoms with van der Waals surface area (Å²) in [5.74, 6) is -2.29. The summed E-state index contributed by atoms with van der Waals surface area (Å²) in [6.45, 7) is 4.66. The van der Waals surface area contributed by atoms with E-state index in [4.69, 9.17) is 18.9 Å². The molecular weight excluding hydrogens is 923 g/mol. The zero-order valence-corrected chi connectivity index (χ0v) is 49.2. The Kier molecular flexibility index (Phi) is 54.4. The van der Waals surface area contributed by atoms with E-state index in [0.717, 1.165) is 83.5 Å². The molecule has 0 heterocycles. The van der Waals surface area contributed by atoms with Crippen molar-refractivity contribution in [1.29, 1.82) is 0 Å². The molecular formula is C65H119NO8. The lowest BCUT2D eigenvalue weighted by Crippen LogP contribution is -2.44. The molecule has 0 aliphatic carbocycles. The van der Waals surface area contributed by atoms with Crippen molar-refractivity contribution in [2.45, 2.75) is 302 Å². The molecule has 0 aromatic heterocycles. The van der Waals surface area contributed by atoms with E-state index < -0.39 is 24.3 Å². The van der Waals surface area contributed by atoms with Crippen LogP contribution in [0, 0.1) is 0 Å². The average molecular weight is 1040 g/mol. The fourth-order valence-electron chi connectivity index (χ4n) is 9.06. The molecule has 9 nitrogen and oxygen atoms in total. The molecule has 432 valence electrons. The third-order valence-corrected chi connectivity index (χ3v) is 13.8. The third-order valence-electron chi connectivity index (χ3n) is 13.8. The minimum atomic E-state index is -1.63. The summed E-state index contributed by atoms with van der Waals surface area (Å²) in [5.41, 5.74) is 0. The number of carboxylic acids is 1. The van der Waals surface area contributed by atoms with Crippen molar-refractivity contribution in [3.05, 3.63) is 48.6 Å². The average Bonchev–Trinajstić information content (AvgIpc) is 3.37. The van der Waals surface area contributed by atoms with Gasteiger partial charge in [0.1, 0.15) is 13.2 Å². The number of nitrogens with zero attached hydrogens (tertiary/aromatic N) is 1. The van der Waals surface area contributed by atoms with E-state index in [1.54, 1.807) is 0 Å². The van der Waals surface area contributed by atoms with Gasteiger partial charge in [0, 0.05) is 12.8 Å². The Morgan fingerprint density at radius 2 is 0.770 bits per heavy atom. The Balaban J connectivity index is 4.11. The van der Waals surface area contributed by atoms with E-state index in [9.17, 15) is 19.5 Å². The number of rotatable bonds is 58. The Labute approximate surface area is 457 Å². The van der Waals surface area contributed by atoms with Crippen molar-refractivity contribution < 1.29 is 42.9 Å². The number of hydrogen-bond donors (Lipinski definition) is 0. The summed E-state index contributed by atoms with van der Waals surface area (Å²) in [4.78, 5) is 37.3.